The minimum absolute atomic E-state index is 1.13. The third-order valence-corrected chi connectivity index (χ3v) is 6.17. The molecule has 0 spiro atoms. The van der Waals surface area contributed by atoms with Crippen molar-refractivity contribution < 1.29 is 0 Å². The molecule has 0 nitrogen and oxygen atoms in total. The van der Waals surface area contributed by atoms with Crippen LogP contribution in [-0.2, 0) is 12.8 Å². The summed E-state index contributed by atoms with van der Waals surface area (Å²) in [6.07, 6.45) is 11.2. The van der Waals surface area contributed by atoms with E-state index in [2.05, 4.69) is 63.4 Å². The van der Waals surface area contributed by atoms with E-state index in [9.17, 15) is 0 Å². The van der Waals surface area contributed by atoms with Crippen molar-refractivity contribution in [3.05, 3.63) is 71.8 Å². The molecule has 0 aliphatic carbocycles. The van der Waals surface area contributed by atoms with E-state index in [1.807, 2.05) is 12.2 Å². The zero-order valence-electron chi connectivity index (χ0n) is 17.3. The molecule has 0 aromatic heterocycles. The predicted octanol–water partition coefficient (Wildman–Crippen LogP) is 8.56. The van der Waals surface area contributed by atoms with Gasteiger partial charge in [0, 0.05) is 0 Å². The van der Waals surface area contributed by atoms with Crippen molar-refractivity contribution in [3.8, 4) is 0 Å². The van der Waals surface area contributed by atoms with Crippen LogP contribution in [0.2, 0.25) is 0 Å². The minimum Gasteiger partial charge on any atom is -0.0984 e. The van der Waals surface area contributed by atoms with Gasteiger partial charge in [0.25, 0.3) is 0 Å². The molecular weight excluding hydrogens is 336 g/mol. The van der Waals surface area contributed by atoms with E-state index in [0.29, 0.717) is 0 Å². The second-order valence-corrected chi connectivity index (χ2v) is 7.94. The molecule has 142 valence electrons. The summed E-state index contributed by atoms with van der Waals surface area (Å²) in [5, 5.41) is 8.31. The highest BCUT2D eigenvalue weighted by molar-refractivity contribution is 6.26. The van der Waals surface area contributed by atoms with Gasteiger partial charge in [0.05, 0.1) is 0 Å². The molecular formula is C28H30. The average molecular weight is 367 g/mol. The van der Waals surface area contributed by atoms with Crippen LogP contribution in [0.4, 0.5) is 0 Å². The summed E-state index contributed by atoms with van der Waals surface area (Å²) in [4.78, 5) is 0. The van der Waals surface area contributed by atoms with Crippen molar-refractivity contribution in [1.82, 2.24) is 0 Å². The van der Waals surface area contributed by atoms with Gasteiger partial charge in [-0.1, -0.05) is 88.4 Å². The molecule has 0 aliphatic rings. The topological polar surface area (TPSA) is 0 Å². The van der Waals surface area contributed by atoms with E-state index in [0.717, 1.165) is 12.8 Å². The Hall–Kier alpha value is -2.60. The predicted molar refractivity (Wildman–Crippen MR) is 128 cm³/mol. The molecule has 0 saturated heterocycles. The maximum absolute atomic E-state index is 4.11. The first-order chi connectivity index (χ1) is 13.7. The van der Waals surface area contributed by atoms with Crippen LogP contribution in [0.15, 0.2) is 49.6 Å². The van der Waals surface area contributed by atoms with Gasteiger partial charge < -0.3 is 0 Å². The normalized spacial score (nSPS) is 11.6. The Morgan fingerprint density at radius 2 is 1.04 bits per heavy atom. The number of aryl methyl sites for hydroxylation is 2. The highest BCUT2D eigenvalue weighted by Gasteiger charge is 2.16. The van der Waals surface area contributed by atoms with Crippen LogP contribution < -0.4 is 0 Å². The fourth-order valence-electron chi connectivity index (χ4n) is 4.68. The molecule has 0 heterocycles. The molecule has 0 heteroatoms. The zero-order valence-corrected chi connectivity index (χ0v) is 17.3. The minimum atomic E-state index is 1.13. The SMILES string of the molecule is C=Cc1cc(CCCC)c2ccc3c(C=C)cc(CCCC)c4ccc1c2c34. The fourth-order valence-corrected chi connectivity index (χ4v) is 4.68. The lowest BCUT2D eigenvalue weighted by Crippen LogP contribution is -1.96. The summed E-state index contributed by atoms with van der Waals surface area (Å²) in [6, 6.07) is 14.0. The van der Waals surface area contributed by atoms with Gasteiger partial charge in [-0.05, 0) is 80.3 Å². The van der Waals surface area contributed by atoms with Crippen LogP contribution in [-0.4, -0.2) is 0 Å². The molecule has 4 aromatic rings. The maximum Gasteiger partial charge on any atom is -0.00177 e. The van der Waals surface area contributed by atoms with E-state index in [4.69, 9.17) is 0 Å². The Morgan fingerprint density at radius 3 is 1.39 bits per heavy atom. The monoisotopic (exact) mass is 366 g/mol. The summed E-state index contributed by atoms with van der Waals surface area (Å²) < 4.78 is 0. The largest absolute Gasteiger partial charge is 0.0984 e. The highest BCUT2D eigenvalue weighted by Crippen LogP contribution is 2.41. The van der Waals surface area contributed by atoms with Crippen LogP contribution in [0.1, 0.15) is 61.8 Å². The van der Waals surface area contributed by atoms with Crippen molar-refractivity contribution in [1.29, 1.82) is 0 Å². The summed E-state index contributed by atoms with van der Waals surface area (Å²) >= 11 is 0. The van der Waals surface area contributed by atoms with Gasteiger partial charge >= 0.3 is 0 Å². The van der Waals surface area contributed by atoms with Crippen LogP contribution in [0.3, 0.4) is 0 Å². The lowest BCUT2D eigenvalue weighted by Gasteiger charge is -2.19. The molecule has 0 amide bonds. The Bertz CT molecular complexity index is 1070. The molecule has 0 fully saturated rings. The quantitative estimate of drug-likeness (QED) is 0.274. The standard InChI is InChI=1S/C28H30/c1-5-9-11-21-17-19(7-3)23-14-16-26-22(12-10-6-2)18-20(8-4)24-13-15-25(21)27(23)28(24)26/h7-8,13-18H,3-6,9-12H2,1-2H3. The smallest absolute Gasteiger partial charge is 0.00177 e. The fraction of sp³-hybridized carbons (Fsp3) is 0.286. The van der Waals surface area contributed by atoms with E-state index < -0.39 is 0 Å². The molecule has 0 unspecified atom stereocenters. The number of hydrogen-bond acceptors (Lipinski definition) is 0. The van der Waals surface area contributed by atoms with E-state index >= 15 is 0 Å². The van der Waals surface area contributed by atoms with Crippen molar-refractivity contribution >= 4 is 44.5 Å². The molecule has 0 atom stereocenters. The van der Waals surface area contributed by atoms with Gasteiger partial charge in [-0.25, -0.2) is 0 Å². The lowest BCUT2D eigenvalue weighted by atomic mass is 9.84. The second-order valence-electron chi connectivity index (χ2n) is 7.94. The van der Waals surface area contributed by atoms with Crippen LogP contribution in [0.5, 0.6) is 0 Å². The molecule has 28 heavy (non-hydrogen) atoms. The molecule has 0 saturated carbocycles. The molecule has 4 rings (SSSR count). The van der Waals surface area contributed by atoms with Gasteiger partial charge in [0.1, 0.15) is 0 Å². The van der Waals surface area contributed by atoms with Gasteiger partial charge in [0.2, 0.25) is 0 Å². The molecule has 0 radical (unpaired) electrons. The van der Waals surface area contributed by atoms with Gasteiger partial charge in [-0.2, -0.15) is 0 Å². The van der Waals surface area contributed by atoms with E-state index in [1.54, 1.807) is 0 Å². The van der Waals surface area contributed by atoms with Crippen LogP contribution >= 0.6 is 0 Å². The summed E-state index contributed by atoms with van der Waals surface area (Å²) in [5.74, 6) is 0. The molecule has 0 aliphatic heterocycles. The molecule has 0 bridgehead atoms. The van der Waals surface area contributed by atoms with Crippen molar-refractivity contribution in [2.75, 3.05) is 0 Å². The van der Waals surface area contributed by atoms with Crippen LogP contribution in [0.25, 0.3) is 44.5 Å². The Balaban J connectivity index is 2.16. The first-order valence-corrected chi connectivity index (χ1v) is 10.7. The Labute approximate surface area is 168 Å². The van der Waals surface area contributed by atoms with Gasteiger partial charge in [-0.3, -0.25) is 0 Å². The Morgan fingerprint density at radius 1 is 0.643 bits per heavy atom. The van der Waals surface area contributed by atoms with Crippen molar-refractivity contribution in [2.24, 2.45) is 0 Å². The number of benzene rings is 4. The van der Waals surface area contributed by atoms with E-state index in [-0.39, 0.29) is 0 Å². The lowest BCUT2D eigenvalue weighted by molar-refractivity contribution is 0.799. The Kier molecular flexibility index (Phi) is 5.22. The zero-order chi connectivity index (χ0) is 19.7. The first-order valence-electron chi connectivity index (χ1n) is 10.7. The van der Waals surface area contributed by atoms with Gasteiger partial charge in [0.15, 0.2) is 0 Å². The third-order valence-electron chi connectivity index (χ3n) is 6.17. The number of rotatable bonds is 8. The molecule has 0 N–H and O–H groups in total. The summed E-state index contributed by atoms with van der Waals surface area (Å²) in [6.45, 7) is 12.7. The third kappa shape index (κ3) is 2.92. The number of hydrogen-bond donors (Lipinski definition) is 0. The highest BCUT2D eigenvalue weighted by atomic mass is 14.2. The number of unbranched alkanes of at least 4 members (excludes halogenated alkanes) is 2. The average Bonchev–Trinajstić information content (AvgIpc) is 2.74. The van der Waals surface area contributed by atoms with E-state index in [1.165, 1.54) is 80.3 Å². The second kappa shape index (κ2) is 7.80. The van der Waals surface area contributed by atoms with Crippen LogP contribution in [0, 0.1) is 0 Å². The summed E-state index contributed by atoms with van der Waals surface area (Å²) in [5.41, 5.74) is 5.43. The van der Waals surface area contributed by atoms with Gasteiger partial charge in [-0.15, -0.1) is 0 Å². The summed E-state index contributed by atoms with van der Waals surface area (Å²) in [7, 11) is 0. The molecule has 4 aromatic carbocycles. The first kappa shape index (κ1) is 18.7. The maximum atomic E-state index is 4.11. The van der Waals surface area contributed by atoms with Crippen molar-refractivity contribution in [2.45, 2.75) is 52.4 Å². The van der Waals surface area contributed by atoms with Crippen molar-refractivity contribution in [3.63, 3.8) is 0 Å².